The quantitative estimate of drug-likeness (QED) is 0.585. The van der Waals surface area contributed by atoms with Gasteiger partial charge in [-0.05, 0) is 46.3 Å². The molecule has 1 fully saturated rings. The van der Waals surface area contributed by atoms with Crippen LogP contribution in [0, 0.1) is 5.92 Å². The molecule has 0 saturated carbocycles. The predicted molar refractivity (Wildman–Crippen MR) is 70.2 cm³/mol. The Morgan fingerprint density at radius 1 is 1.33 bits per heavy atom. The number of nitrogens with one attached hydrogen (secondary N) is 1. The summed E-state index contributed by atoms with van der Waals surface area (Å²) >= 11 is 1.61. The number of likely N-dealkylation sites (tertiary alicyclic amines) is 1. The molecule has 0 bridgehead atoms. The topological polar surface area (TPSA) is 32.3 Å². The van der Waals surface area contributed by atoms with Crippen LogP contribution in [-0.4, -0.2) is 44.6 Å². The lowest BCUT2D eigenvalue weighted by atomic mass is 9.99. The maximum Gasteiger partial charge on any atom is 0.123 e. The van der Waals surface area contributed by atoms with Crippen molar-refractivity contribution in [2.75, 3.05) is 33.4 Å². The van der Waals surface area contributed by atoms with Gasteiger partial charge < -0.3 is 9.69 Å². The van der Waals surface area contributed by atoms with E-state index in [0.717, 1.165) is 32.2 Å². The van der Waals surface area contributed by atoms with E-state index in [1.807, 2.05) is 27.2 Å². The Hall–Kier alpha value is -0.0600. The van der Waals surface area contributed by atoms with Crippen LogP contribution >= 0.6 is 11.9 Å². The zero-order valence-corrected chi connectivity index (χ0v) is 11.6. The smallest absolute Gasteiger partial charge is 0.123 e. The zero-order valence-electron chi connectivity index (χ0n) is 10.7. The first-order valence-corrected chi connectivity index (χ1v) is 6.80. The lowest BCUT2D eigenvalue weighted by molar-refractivity contribution is -0.112. The van der Waals surface area contributed by atoms with Crippen LogP contribution < -0.4 is 4.72 Å². The molecule has 0 aromatic carbocycles. The Morgan fingerprint density at radius 2 is 1.73 bits per heavy atom. The van der Waals surface area contributed by atoms with Crippen molar-refractivity contribution in [2.45, 2.75) is 26.7 Å². The summed E-state index contributed by atoms with van der Waals surface area (Å²) in [4.78, 5) is 12.5. The van der Waals surface area contributed by atoms with Crippen LogP contribution in [-0.2, 0) is 4.79 Å². The molecule has 0 aromatic heterocycles. The minimum absolute atomic E-state index is 0.348. The Balaban J connectivity index is 0. The van der Waals surface area contributed by atoms with Crippen LogP contribution in [0.4, 0.5) is 0 Å². The molecule has 1 saturated heterocycles. The molecule has 1 rings (SSSR count). The number of hydrogen-bond acceptors (Lipinski definition) is 4. The number of aldehydes is 1. The van der Waals surface area contributed by atoms with E-state index in [1.54, 1.807) is 11.9 Å². The van der Waals surface area contributed by atoms with Gasteiger partial charge in [-0.3, -0.25) is 4.72 Å². The van der Waals surface area contributed by atoms with E-state index in [1.165, 1.54) is 0 Å². The minimum Gasteiger partial charge on any atom is -0.306 e. The molecule has 1 N–H and O–H groups in total. The van der Waals surface area contributed by atoms with Gasteiger partial charge in [-0.15, -0.1) is 0 Å². The lowest BCUT2D eigenvalue weighted by Crippen LogP contribution is -2.30. The van der Waals surface area contributed by atoms with Gasteiger partial charge in [0.15, 0.2) is 0 Å². The van der Waals surface area contributed by atoms with Gasteiger partial charge in [-0.1, -0.05) is 25.8 Å². The van der Waals surface area contributed by atoms with E-state index >= 15 is 0 Å². The number of rotatable bonds is 2. The second-order valence-electron chi connectivity index (χ2n) is 3.19. The fraction of sp³-hybridized carbons (Fsp3) is 0.909. The highest BCUT2D eigenvalue weighted by molar-refractivity contribution is 7.96. The summed E-state index contributed by atoms with van der Waals surface area (Å²) in [5, 5.41) is 0. The summed E-state index contributed by atoms with van der Waals surface area (Å²) in [6.45, 7) is 6.17. The highest BCUT2D eigenvalue weighted by Gasteiger charge is 2.14. The molecule has 0 unspecified atom stereocenters. The maximum atomic E-state index is 10.2. The average Bonchev–Trinajstić information content (AvgIpc) is 2.33. The van der Waals surface area contributed by atoms with Gasteiger partial charge in [0.2, 0.25) is 0 Å². The normalized spacial score (nSPS) is 16.9. The van der Waals surface area contributed by atoms with Crippen molar-refractivity contribution in [1.29, 1.82) is 0 Å². The molecule has 1 aliphatic heterocycles. The molecular formula is C11H26N2OS. The van der Waals surface area contributed by atoms with Crippen molar-refractivity contribution in [2.24, 2.45) is 5.92 Å². The summed E-state index contributed by atoms with van der Waals surface area (Å²) in [7, 11) is 3.99. The molecule has 4 heteroatoms. The average molecular weight is 234 g/mol. The van der Waals surface area contributed by atoms with Crippen LogP contribution in [0.2, 0.25) is 0 Å². The van der Waals surface area contributed by atoms with E-state index in [-0.39, 0.29) is 0 Å². The van der Waals surface area contributed by atoms with E-state index < -0.39 is 0 Å². The number of hydrogen-bond donors (Lipinski definition) is 1. The minimum atomic E-state index is 0.348. The standard InChI is InChI=1S/C7H13NO.C2H7NS.C2H6/c1-8-4-2-7(6-9)3-5-8;1-3-4-2;1-2/h6-7H,2-5H2,1H3;3H,1-2H3;1-2H3. The first kappa shape index (κ1) is 17.3. The Morgan fingerprint density at radius 3 is 2.00 bits per heavy atom. The second kappa shape index (κ2) is 13.9. The molecule has 1 heterocycles. The van der Waals surface area contributed by atoms with Crippen LogP contribution in [0.25, 0.3) is 0 Å². The SMILES string of the molecule is CC.CN1CCC(C=O)CC1.CNSC. The first-order valence-electron chi connectivity index (χ1n) is 5.58. The number of piperidine rings is 1. The van der Waals surface area contributed by atoms with Crippen LogP contribution in [0.1, 0.15) is 26.7 Å². The first-order chi connectivity index (χ1) is 7.24. The van der Waals surface area contributed by atoms with E-state index in [4.69, 9.17) is 0 Å². The second-order valence-corrected chi connectivity index (χ2v) is 4.00. The van der Waals surface area contributed by atoms with Gasteiger partial charge in [0.05, 0.1) is 0 Å². The van der Waals surface area contributed by atoms with Gasteiger partial charge in [0.25, 0.3) is 0 Å². The number of nitrogens with zero attached hydrogens (tertiary/aromatic N) is 1. The van der Waals surface area contributed by atoms with Crippen LogP contribution in [0.15, 0.2) is 0 Å². The van der Waals surface area contributed by atoms with E-state index in [9.17, 15) is 4.79 Å². The molecule has 1 aliphatic rings. The van der Waals surface area contributed by atoms with Gasteiger partial charge in [-0.2, -0.15) is 0 Å². The van der Waals surface area contributed by atoms with Gasteiger partial charge in [-0.25, -0.2) is 0 Å². The Bertz CT molecular complexity index is 124. The highest BCUT2D eigenvalue weighted by Crippen LogP contribution is 2.12. The zero-order chi connectivity index (χ0) is 12.1. The Labute approximate surface area is 99.1 Å². The van der Waals surface area contributed by atoms with Crippen molar-refractivity contribution in [3.8, 4) is 0 Å². The third kappa shape index (κ3) is 11.9. The molecule has 0 aromatic rings. The monoisotopic (exact) mass is 234 g/mol. The molecule has 3 nitrogen and oxygen atoms in total. The lowest BCUT2D eigenvalue weighted by Gasteiger charge is -2.25. The van der Waals surface area contributed by atoms with Gasteiger partial charge in [0.1, 0.15) is 6.29 Å². The van der Waals surface area contributed by atoms with E-state index in [2.05, 4.69) is 16.7 Å². The summed E-state index contributed by atoms with van der Waals surface area (Å²) in [6, 6.07) is 0. The van der Waals surface area contributed by atoms with Gasteiger partial charge in [0, 0.05) is 5.92 Å². The molecule has 0 radical (unpaired) electrons. The Kier molecular flexibility index (Phi) is 16.1. The van der Waals surface area contributed by atoms with Crippen molar-refractivity contribution in [3.05, 3.63) is 0 Å². The highest BCUT2D eigenvalue weighted by atomic mass is 32.2. The van der Waals surface area contributed by atoms with Crippen molar-refractivity contribution in [3.63, 3.8) is 0 Å². The third-order valence-corrected chi connectivity index (χ3v) is 2.57. The van der Waals surface area contributed by atoms with Crippen LogP contribution in [0.5, 0.6) is 0 Å². The molecule has 15 heavy (non-hydrogen) atoms. The maximum absolute atomic E-state index is 10.2. The van der Waals surface area contributed by atoms with Crippen molar-refractivity contribution >= 4 is 18.2 Å². The largest absolute Gasteiger partial charge is 0.306 e. The third-order valence-electron chi connectivity index (χ3n) is 2.16. The molecule has 0 aliphatic carbocycles. The molecule has 92 valence electrons. The number of carbonyl (C=O) groups is 1. The van der Waals surface area contributed by atoms with Crippen LogP contribution in [0.3, 0.4) is 0 Å². The predicted octanol–water partition coefficient (Wildman–Crippen LogP) is 2.04. The summed E-state index contributed by atoms with van der Waals surface area (Å²) < 4.78 is 2.85. The number of carbonyl (C=O) groups excluding carboxylic acids is 1. The summed E-state index contributed by atoms with van der Waals surface area (Å²) in [5.74, 6) is 0.348. The van der Waals surface area contributed by atoms with Crippen molar-refractivity contribution in [1.82, 2.24) is 9.62 Å². The molecular weight excluding hydrogens is 208 g/mol. The molecule has 0 atom stereocenters. The van der Waals surface area contributed by atoms with Crippen molar-refractivity contribution < 1.29 is 4.79 Å². The molecule has 0 spiro atoms. The fourth-order valence-electron chi connectivity index (χ4n) is 1.16. The summed E-state index contributed by atoms with van der Waals surface area (Å²) in [6.07, 6.45) is 5.19. The van der Waals surface area contributed by atoms with Gasteiger partial charge >= 0.3 is 0 Å². The van der Waals surface area contributed by atoms with E-state index in [0.29, 0.717) is 5.92 Å². The fourth-order valence-corrected chi connectivity index (χ4v) is 1.16. The summed E-state index contributed by atoms with van der Waals surface area (Å²) in [5.41, 5.74) is 0. The molecule has 0 amide bonds.